The van der Waals surface area contributed by atoms with Crippen LogP contribution in [0.1, 0.15) is 65.9 Å². The molecular formula is C18H29N. The van der Waals surface area contributed by atoms with E-state index in [4.69, 9.17) is 0 Å². The first kappa shape index (κ1) is 14.4. The van der Waals surface area contributed by atoms with Crippen molar-refractivity contribution in [2.75, 3.05) is 5.32 Å². The number of hydrogen-bond acceptors (Lipinski definition) is 1. The van der Waals surface area contributed by atoms with Gasteiger partial charge in [0.1, 0.15) is 0 Å². The molecule has 0 aromatic heterocycles. The Morgan fingerprint density at radius 3 is 2.58 bits per heavy atom. The molecule has 1 nitrogen and oxygen atoms in total. The lowest BCUT2D eigenvalue weighted by atomic mass is 9.65. The summed E-state index contributed by atoms with van der Waals surface area (Å²) in [5.74, 6) is 0. The van der Waals surface area contributed by atoms with Crippen molar-refractivity contribution in [2.24, 2.45) is 5.41 Å². The van der Waals surface area contributed by atoms with Crippen molar-refractivity contribution in [2.45, 2.75) is 71.8 Å². The van der Waals surface area contributed by atoms with E-state index in [0.717, 1.165) is 0 Å². The highest BCUT2D eigenvalue weighted by Gasteiger charge is 2.38. The molecule has 1 aliphatic heterocycles. The van der Waals surface area contributed by atoms with E-state index in [2.05, 4.69) is 64.2 Å². The first-order chi connectivity index (χ1) is 8.84. The highest BCUT2D eigenvalue weighted by Crippen LogP contribution is 2.46. The van der Waals surface area contributed by atoms with Gasteiger partial charge in [0.2, 0.25) is 0 Å². The fraction of sp³-hybridized carbons (Fsp3) is 0.667. The number of fused-ring (bicyclic) bond motifs is 1. The fourth-order valence-electron chi connectivity index (χ4n) is 3.92. The van der Waals surface area contributed by atoms with Crippen molar-refractivity contribution >= 4 is 5.69 Å². The van der Waals surface area contributed by atoms with Gasteiger partial charge in [0, 0.05) is 11.7 Å². The van der Waals surface area contributed by atoms with E-state index < -0.39 is 0 Å². The van der Waals surface area contributed by atoms with E-state index in [1.165, 1.54) is 36.9 Å². The second-order valence-electron chi connectivity index (χ2n) is 7.68. The molecule has 0 amide bonds. The zero-order chi connectivity index (χ0) is 14.1. The van der Waals surface area contributed by atoms with Gasteiger partial charge >= 0.3 is 0 Å². The normalized spacial score (nSPS) is 26.7. The van der Waals surface area contributed by atoms with Crippen LogP contribution in [0.4, 0.5) is 5.69 Å². The van der Waals surface area contributed by atoms with Crippen LogP contribution in [0.3, 0.4) is 0 Å². The summed E-state index contributed by atoms with van der Waals surface area (Å²) in [6.07, 6.45) is 5.04. The Labute approximate surface area is 118 Å². The molecule has 0 fully saturated rings. The maximum absolute atomic E-state index is 3.74. The number of hydrogen-bond donors (Lipinski definition) is 1. The molecule has 0 saturated heterocycles. The fourth-order valence-corrected chi connectivity index (χ4v) is 3.92. The quantitative estimate of drug-likeness (QED) is 0.770. The zero-order valence-electron chi connectivity index (χ0n) is 13.2. The molecule has 0 spiro atoms. The summed E-state index contributed by atoms with van der Waals surface area (Å²) in [4.78, 5) is 0. The predicted octanol–water partition coefficient (Wildman–Crippen LogP) is 5.36. The molecule has 2 rings (SSSR count). The molecule has 0 aliphatic carbocycles. The summed E-state index contributed by atoms with van der Waals surface area (Å²) >= 11 is 0. The minimum atomic E-state index is 0.305. The van der Waals surface area contributed by atoms with Gasteiger partial charge in [-0.15, -0.1) is 0 Å². The topological polar surface area (TPSA) is 12.0 Å². The summed E-state index contributed by atoms with van der Waals surface area (Å²) in [6.45, 7) is 11.8. The minimum absolute atomic E-state index is 0.305. The van der Waals surface area contributed by atoms with Crippen LogP contribution in [0.15, 0.2) is 24.3 Å². The Morgan fingerprint density at radius 1 is 1.26 bits per heavy atom. The first-order valence-electron chi connectivity index (χ1n) is 7.70. The van der Waals surface area contributed by atoms with Crippen LogP contribution < -0.4 is 5.32 Å². The smallest absolute Gasteiger partial charge is 0.0380 e. The lowest BCUT2D eigenvalue weighted by molar-refractivity contribution is 0.239. The van der Waals surface area contributed by atoms with E-state index in [0.29, 0.717) is 16.9 Å². The van der Waals surface area contributed by atoms with Crippen LogP contribution in [0.5, 0.6) is 0 Å². The number of para-hydroxylation sites is 1. The third kappa shape index (κ3) is 3.32. The molecule has 1 heteroatoms. The molecule has 0 bridgehead atoms. The highest BCUT2D eigenvalue weighted by atomic mass is 14.9. The Kier molecular flexibility index (Phi) is 3.94. The number of nitrogens with one attached hydrogen (secondary N) is 1. The van der Waals surface area contributed by atoms with Crippen LogP contribution in [0.2, 0.25) is 0 Å². The molecule has 106 valence electrons. The van der Waals surface area contributed by atoms with E-state index >= 15 is 0 Å². The van der Waals surface area contributed by atoms with Crippen LogP contribution >= 0.6 is 0 Å². The van der Waals surface area contributed by atoms with Crippen molar-refractivity contribution in [3.05, 3.63) is 29.8 Å². The second-order valence-corrected chi connectivity index (χ2v) is 7.68. The summed E-state index contributed by atoms with van der Waals surface area (Å²) in [5, 5.41) is 3.74. The number of rotatable bonds is 3. The van der Waals surface area contributed by atoms with E-state index in [-0.39, 0.29) is 0 Å². The van der Waals surface area contributed by atoms with Gasteiger partial charge in [0.15, 0.2) is 0 Å². The third-order valence-electron chi connectivity index (χ3n) is 4.19. The average molecular weight is 259 g/mol. The van der Waals surface area contributed by atoms with Gasteiger partial charge < -0.3 is 5.32 Å². The summed E-state index contributed by atoms with van der Waals surface area (Å²) in [5.41, 5.74) is 3.55. The summed E-state index contributed by atoms with van der Waals surface area (Å²) < 4.78 is 0. The highest BCUT2D eigenvalue weighted by molar-refractivity contribution is 5.57. The molecule has 1 N–H and O–H groups in total. The molecule has 19 heavy (non-hydrogen) atoms. The maximum atomic E-state index is 3.74. The molecular weight excluding hydrogens is 230 g/mol. The molecule has 1 heterocycles. The van der Waals surface area contributed by atoms with Crippen molar-refractivity contribution in [1.82, 2.24) is 0 Å². The van der Waals surface area contributed by atoms with Crippen molar-refractivity contribution in [3.63, 3.8) is 0 Å². The number of benzene rings is 1. The van der Waals surface area contributed by atoms with Gasteiger partial charge in [-0.05, 0) is 41.7 Å². The van der Waals surface area contributed by atoms with Crippen LogP contribution in [0.25, 0.3) is 0 Å². The second kappa shape index (κ2) is 5.19. The van der Waals surface area contributed by atoms with Gasteiger partial charge in [-0.3, -0.25) is 0 Å². The Balaban J connectivity index is 2.35. The molecule has 2 atom stereocenters. The molecule has 0 unspecified atom stereocenters. The van der Waals surface area contributed by atoms with Gasteiger partial charge in [0.25, 0.3) is 0 Å². The minimum Gasteiger partial charge on any atom is -0.382 e. The van der Waals surface area contributed by atoms with Gasteiger partial charge in [-0.25, -0.2) is 0 Å². The Hall–Kier alpha value is -0.980. The van der Waals surface area contributed by atoms with E-state index in [9.17, 15) is 0 Å². The van der Waals surface area contributed by atoms with Crippen molar-refractivity contribution in [1.29, 1.82) is 0 Å². The van der Waals surface area contributed by atoms with Gasteiger partial charge in [-0.2, -0.15) is 0 Å². The van der Waals surface area contributed by atoms with Crippen LogP contribution in [-0.4, -0.2) is 6.04 Å². The lowest BCUT2D eigenvalue weighted by Crippen LogP contribution is -2.40. The standard InChI is InChI=1S/C18H29N/c1-6-9-14-12-18(5,13-17(2,3)4)15-10-7-8-11-16(15)19-14/h7-8,10-11,14,19H,6,9,12-13H2,1-5H3/t14-,18+/m0/s1. The average Bonchev–Trinajstić information content (AvgIpc) is 2.26. The van der Waals surface area contributed by atoms with Crippen LogP contribution in [-0.2, 0) is 5.41 Å². The van der Waals surface area contributed by atoms with Crippen molar-refractivity contribution < 1.29 is 0 Å². The predicted molar refractivity (Wildman–Crippen MR) is 84.8 cm³/mol. The monoisotopic (exact) mass is 259 g/mol. The Morgan fingerprint density at radius 2 is 1.95 bits per heavy atom. The SMILES string of the molecule is CCC[C@H]1C[C@](C)(CC(C)(C)C)c2ccccc2N1. The maximum Gasteiger partial charge on any atom is 0.0380 e. The molecule has 1 aromatic carbocycles. The largest absolute Gasteiger partial charge is 0.382 e. The van der Waals surface area contributed by atoms with E-state index in [1.54, 1.807) is 0 Å². The molecule has 1 aliphatic rings. The third-order valence-corrected chi connectivity index (χ3v) is 4.19. The molecule has 0 radical (unpaired) electrons. The Bertz CT molecular complexity index is 430. The molecule has 1 aromatic rings. The first-order valence-corrected chi connectivity index (χ1v) is 7.70. The van der Waals surface area contributed by atoms with E-state index in [1.807, 2.05) is 0 Å². The zero-order valence-corrected chi connectivity index (χ0v) is 13.2. The number of anilines is 1. The molecule has 0 saturated carbocycles. The summed E-state index contributed by atoms with van der Waals surface area (Å²) in [6, 6.07) is 9.53. The summed E-state index contributed by atoms with van der Waals surface area (Å²) in [7, 11) is 0. The van der Waals surface area contributed by atoms with Gasteiger partial charge in [0.05, 0.1) is 0 Å². The van der Waals surface area contributed by atoms with Crippen LogP contribution in [0, 0.1) is 5.41 Å². The van der Waals surface area contributed by atoms with Gasteiger partial charge in [-0.1, -0.05) is 59.2 Å². The lowest BCUT2D eigenvalue weighted by Gasteiger charge is -2.44. The van der Waals surface area contributed by atoms with Crippen molar-refractivity contribution in [3.8, 4) is 0 Å².